The van der Waals surface area contributed by atoms with Gasteiger partial charge in [-0.15, -0.1) is 0 Å². The smallest absolute Gasteiger partial charge is 0.126 e. The van der Waals surface area contributed by atoms with Crippen molar-refractivity contribution in [2.24, 2.45) is 5.92 Å². The minimum absolute atomic E-state index is 0.208. The van der Waals surface area contributed by atoms with Gasteiger partial charge in [0.05, 0.1) is 0 Å². The van der Waals surface area contributed by atoms with E-state index < -0.39 is 0 Å². The van der Waals surface area contributed by atoms with Crippen LogP contribution in [-0.4, -0.2) is 18.0 Å². The highest BCUT2D eigenvalue weighted by Gasteiger charge is 2.11. The average Bonchev–Trinajstić information content (AvgIpc) is 2.53. The number of unbranched alkanes of at least 4 members (excludes halogenated alkanes) is 9. The number of aldehydes is 1. The molecule has 1 unspecified atom stereocenters. The van der Waals surface area contributed by atoms with E-state index in [0.717, 1.165) is 19.1 Å². The first-order valence-corrected chi connectivity index (χ1v) is 9.12. The van der Waals surface area contributed by atoms with Crippen molar-refractivity contribution in [3.63, 3.8) is 0 Å². The van der Waals surface area contributed by atoms with Gasteiger partial charge in [0, 0.05) is 12.5 Å². The van der Waals surface area contributed by atoms with Gasteiger partial charge in [0.15, 0.2) is 0 Å². The highest BCUT2D eigenvalue weighted by Crippen LogP contribution is 2.25. The number of allylic oxidation sites excluding steroid dienone is 2. The molecule has 0 fully saturated rings. The molecule has 1 aliphatic carbocycles. The molecule has 0 aromatic rings. The number of carbonyl (C=O) groups is 1. The van der Waals surface area contributed by atoms with Crippen molar-refractivity contribution in [2.75, 3.05) is 6.61 Å². The minimum Gasteiger partial charge on any atom is -0.396 e. The van der Waals surface area contributed by atoms with Gasteiger partial charge in [-0.25, -0.2) is 0 Å². The van der Waals surface area contributed by atoms with Crippen LogP contribution in [0.25, 0.3) is 0 Å². The molecule has 1 N–H and O–H groups in total. The lowest BCUT2D eigenvalue weighted by molar-refractivity contribution is -0.110. The predicted octanol–water partition coefficient (Wildman–Crippen LogP) is 5.20. The molecule has 122 valence electrons. The predicted molar refractivity (Wildman–Crippen MR) is 89.4 cm³/mol. The summed E-state index contributed by atoms with van der Waals surface area (Å²) < 4.78 is 0. The van der Waals surface area contributed by atoms with Crippen LogP contribution in [0.15, 0.2) is 11.6 Å². The summed E-state index contributed by atoms with van der Waals surface area (Å²) in [6, 6.07) is 0. The number of carbonyl (C=O) groups excluding carboxylic acids is 1. The Morgan fingerprint density at radius 1 is 0.952 bits per heavy atom. The summed E-state index contributed by atoms with van der Waals surface area (Å²) in [5, 5.41) is 8.69. The van der Waals surface area contributed by atoms with Crippen molar-refractivity contribution >= 4 is 6.29 Å². The lowest BCUT2D eigenvalue weighted by Gasteiger charge is -2.16. The second-order valence-electron chi connectivity index (χ2n) is 6.53. The Bertz CT molecular complexity index is 283. The lowest BCUT2D eigenvalue weighted by atomic mass is 9.89. The molecule has 0 aromatic carbocycles. The molecule has 0 saturated carbocycles. The summed E-state index contributed by atoms with van der Waals surface area (Å²) in [4.78, 5) is 10.8. The molecule has 0 spiro atoms. The van der Waals surface area contributed by atoms with Gasteiger partial charge in [-0.05, 0) is 38.5 Å². The quantitative estimate of drug-likeness (QED) is 0.288. The summed E-state index contributed by atoms with van der Waals surface area (Å²) in [5.74, 6) is 0.208. The third kappa shape index (κ3) is 9.84. The molecule has 2 heteroatoms. The monoisotopic (exact) mass is 294 g/mol. The van der Waals surface area contributed by atoms with Crippen molar-refractivity contribution in [1.82, 2.24) is 0 Å². The van der Waals surface area contributed by atoms with Gasteiger partial charge in [0.2, 0.25) is 0 Å². The molecule has 0 heterocycles. The fourth-order valence-corrected chi connectivity index (χ4v) is 3.23. The third-order valence-electron chi connectivity index (χ3n) is 4.57. The molecule has 0 amide bonds. The molecule has 1 atom stereocenters. The molecular weight excluding hydrogens is 260 g/mol. The van der Waals surface area contributed by atoms with Crippen LogP contribution >= 0.6 is 0 Å². The Labute approximate surface area is 131 Å². The normalized spacial score (nSPS) is 18.5. The maximum atomic E-state index is 10.8. The molecule has 0 bridgehead atoms. The molecule has 2 nitrogen and oxygen atoms in total. The first-order chi connectivity index (χ1) is 10.4. The zero-order valence-corrected chi connectivity index (χ0v) is 13.7. The van der Waals surface area contributed by atoms with Crippen molar-refractivity contribution in [3.8, 4) is 0 Å². The van der Waals surface area contributed by atoms with E-state index in [-0.39, 0.29) is 5.92 Å². The standard InChI is InChI=1S/C19H34O2/c20-15-10-8-6-4-2-1-3-5-7-9-12-18-13-11-14-19(16-18)17-21/h16-17,19-20H,1-15H2. The van der Waals surface area contributed by atoms with E-state index >= 15 is 0 Å². The summed E-state index contributed by atoms with van der Waals surface area (Å²) in [6.07, 6.45) is 20.9. The third-order valence-corrected chi connectivity index (χ3v) is 4.57. The molecule has 0 radical (unpaired) electrons. The highest BCUT2D eigenvalue weighted by atomic mass is 16.2. The maximum Gasteiger partial charge on any atom is 0.126 e. The fourth-order valence-electron chi connectivity index (χ4n) is 3.23. The van der Waals surface area contributed by atoms with Crippen molar-refractivity contribution < 1.29 is 9.90 Å². The Kier molecular flexibility index (Phi) is 11.5. The Hall–Kier alpha value is -0.630. The Morgan fingerprint density at radius 3 is 2.10 bits per heavy atom. The molecular formula is C19H34O2. The van der Waals surface area contributed by atoms with E-state index in [9.17, 15) is 4.79 Å². The van der Waals surface area contributed by atoms with E-state index in [1.807, 2.05) is 0 Å². The number of rotatable bonds is 13. The van der Waals surface area contributed by atoms with Gasteiger partial charge in [0.1, 0.15) is 6.29 Å². The summed E-state index contributed by atoms with van der Waals surface area (Å²) in [5.41, 5.74) is 1.53. The molecule has 0 aliphatic heterocycles. The number of hydrogen-bond acceptors (Lipinski definition) is 2. The van der Waals surface area contributed by atoms with Gasteiger partial charge in [-0.3, -0.25) is 0 Å². The SMILES string of the molecule is O=CC1C=C(CCCCCCCCCCCCO)CCC1. The van der Waals surface area contributed by atoms with E-state index in [2.05, 4.69) is 6.08 Å². The maximum absolute atomic E-state index is 10.8. The van der Waals surface area contributed by atoms with Crippen molar-refractivity contribution in [3.05, 3.63) is 11.6 Å². The van der Waals surface area contributed by atoms with Crippen molar-refractivity contribution in [1.29, 1.82) is 0 Å². The largest absolute Gasteiger partial charge is 0.396 e. The average molecular weight is 294 g/mol. The molecule has 0 saturated heterocycles. The van der Waals surface area contributed by atoms with Crippen molar-refractivity contribution in [2.45, 2.75) is 89.9 Å². The van der Waals surface area contributed by atoms with Crippen LogP contribution in [-0.2, 0) is 4.79 Å². The van der Waals surface area contributed by atoms with Gasteiger partial charge in [0.25, 0.3) is 0 Å². The topological polar surface area (TPSA) is 37.3 Å². The van der Waals surface area contributed by atoms with Crippen LogP contribution in [0.4, 0.5) is 0 Å². The van der Waals surface area contributed by atoms with E-state index in [4.69, 9.17) is 5.11 Å². The van der Waals surface area contributed by atoms with Crippen LogP contribution in [0.1, 0.15) is 89.9 Å². The summed E-state index contributed by atoms with van der Waals surface area (Å²) >= 11 is 0. The number of aliphatic hydroxyl groups excluding tert-OH is 1. The summed E-state index contributed by atoms with van der Waals surface area (Å²) in [7, 11) is 0. The Balaban J connectivity index is 1.86. The fraction of sp³-hybridized carbons (Fsp3) is 0.842. The highest BCUT2D eigenvalue weighted by molar-refractivity contribution is 5.57. The van der Waals surface area contributed by atoms with Gasteiger partial charge in [-0.1, -0.05) is 63.0 Å². The zero-order valence-electron chi connectivity index (χ0n) is 13.7. The van der Waals surface area contributed by atoms with Gasteiger partial charge in [-0.2, -0.15) is 0 Å². The summed E-state index contributed by atoms with van der Waals surface area (Å²) in [6.45, 7) is 0.351. The van der Waals surface area contributed by atoms with E-state index in [0.29, 0.717) is 6.61 Å². The Morgan fingerprint density at radius 2 is 1.52 bits per heavy atom. The second-order valence-corrected chi connectivity index (χ2v) is 6.53. The number of hydrogen-bond donors (Lipinski definition) is 1. The van der Waals surface area contributed by atoms with Crippen LogP contribution in [0.5, 0.6) is 0 Å². The number of aliphatic hydroxyl groups is 1. The van der Waals surface area contributed by atoms with Gasteiger partial charge >= 0.3 is 0 Å². The molecule has 1 aliphatic rings. The lowest BCUT2D eigenvalue weighted by Crippen LogP contribution is -2.05. The van der Waals surface area contributed by atoms with Crippen LogP contribution < -0.4 is 0 Å². The minimum atomic E-state index is 0.208. The first kappa shape index (κ1) is 18.4. The van der Waals surface area contributed by atoms with E-state index in [1.54, 1.807) is 0 Å². The molecule has 21 heavy (non-hydrogen) atoms. The zero-order chi connectivity index (χ0) is 15.2. The second kappa shape index (κ2) is 13.1. The molecule has 0 aromatic heterocycles. The van der Waals surface area contributed by atoms with Crippen LogP contribution in [0, 0.1) is 5.92 Å². The first-order valence-electron chi connectivity index (χ1n) is 9.12. The van der Waals surface area contributed by atoms with Crippen LogP contribution in [0.3, 0.4) is 0 Å². The van der Waals surface area contributed by atoms with E-state index in [1.165, 1.54) is 82.6 Å². The molecule has 1 rings (SSSR count). The van der Waals surface area contributed by atoms with Gasteiger partial charge < -0.3 is 9.90 Å². The van der Waals surface area contributed by atoms with Crippen LogP contribution in [0.2, 0.25) is 0 Å².